The van der Waals surface area contributed by atoms with Crippen LogP contribution in [0.3, 0.4) is 0 Å². The van der Waals surface area contributed by atoms with Crippen molar-refractivity contribution in [2.45, 2.75) is 37.2 Å². The Balaban J connectivity index is 2.07. The van der Waals surface area contributed by atoms with E-state index in [4.69, 9.17) is 5.14 Å². The molecule has 0 amide bonds. The lowest BCUT2D eigenvalue weighted by Crippen LogP contribution is -2.30. The largest absolute Gasteiger partial charge is 0.507 e. The molecule has 124 valence electrons. The van der Waals surface area contributed by atoms with Crippen LogP contribution in [0.4, 0.5) is 0 Å². The maximum Gasteiger partial charge on any atom is 0.241 e. The van der Waals surface area contributed by atoms with Crippen molar-refractivity contribution >= 4 is 10.0 Å². The van der Waals surface area contributed by atoms with E-state index in [0.29, 0.717) is 6.42 Å². The molecule has 0 aliphatic carbocycles. The van der Waals surface area contributed by atoms with Crippen LogP contribution in [0.2, 0.25) is 0 Å². The summed E-state index contributed by atoms with van der Waals surface area (Å²) in [5.74, 6) is -0.325. The molecule has 0 radical (unpaired) electrons. The fraction of sp³-hybridized carbons (Fsp3) is 0.294. The van der Waals surface area contributed by atoms with Crippen molar-refractivity contribution in [2.75, 3.05) is 0 Å². The predicted octanol–water partition coefficient (Wildman–Crippen LogP) is 2.32. The van der Waals surface area contributed by atoms with E-state index in [9.17, 15) is 13.5 Å². The van der Waals surface area contributed by atoms with Gasteiger partial charge in [-0.15, -0.1) is 0 Å². The van der Waals surface area contributed by atoms with Gasteiger partial charge in [-0.2, -0.15) is 0 Å². The summed E-state index contributed by atoms with van der Waals surface area (Å²) in [5.41, 5.74) is 1.99. The number of phenols is 1. The fourth-order valence-electron chi connectivity index (χ4n) is 2.59. The summed E-state index contributed by atoms with van der Waals surface area (Å²) in [7, 11) is -3.93. The monoisotopic (exact) mass is 334 g/mol. The quantitative estimate of drug-likeness (QED) is 0.756. The average Bonchev–Trinajstić information content (AvgIpc) is 2.49. The van der Waals surface area contributed by atoms with Gasteiger partial charge in [0.1, 0.15) is 10.6 Å². The third kappa shape index (κ3) is 4.79. The molecule has 6 heteroatoms. The highest BCUT2D eigenvalue weighted by atomic mass is 32.2. The van der Waals surface area contributed by atoms with Gasteiger partial charge in [0.05, 0.1) is 0 Å². The predicted molar refractivity (Wildman–Crippen MR) is 90.6 cm³/mol. The van der Waals surface area contributed by atoms with Gasteiger partial charge in [-0.05, 0) is 43.5 Å². The molecule has 0 bridgehead atoms. The molecule has 2 aromatic carbocycles. The molecular weight excluding hydrogens is 312 g/mol. The zero-order chi connectivity index (χ0) is 17.0. The molecule has 0 aromatic heterocycles. The first-order valence-electron chi connectivity index (χ1n) is 7.43. The van der Waals surface area contributed by atoms with Gasteiger partial charge < -0.3 is 10.4 Å². The van der Waals surface area contributed by atoms with Gasteiger partial charge in [-0.1, -0.05) is 36.4 Å². The summed E-state index contributed by atoms with van der Waals surface area (Å²) in [6.07, 6.45) is 0.625. The lowest BCUT2D eigenvalue weighted by molar-refractivity contribution is 0.456. The van der Waals surface area contributed by atoms with Crippen molar-refractivity contribution in [1.82, 2.24) is 5.32 Å². The summed E-state index contributed by atoms with van der Waals surface area (Å²) < 4.78 is 22.9. The van der Waals surface area contributed by atoms with Gasteiger partial charge in [0, 0.05) is 12.1 Å². The lowest BCUT2D eigenvalue weighted by atomic mass is 10.0. The van der Waals surface area contributed by atoms with Gasteiger partial charge in [0.15, 0.2) is 0 Å². The Labute approximate surface area is 137 Å². The third-order valence-corrected chi connectivity index (χ3v) is 4.65. The van der Waals surface area contributed by atoms with Crippen molar-refractivity contribution < 1.29 is 13.5 Å². The van der Waals surface area contributed by atoms with Crippen LogP contribution in [0.25, 0.3) is 0 Å². The molecule has 0 saturated carbocycles. The summed E-state index contributed by atoms with van der Waals surface area (Å²) in [4.78, 5) is -0.238. The van der Waals surface area contributed by atoms with Crippen LogP contribution in [0.5, 0.6) is 5.75 Å². The minimum atomic E-state index is -3.93. The Kier molecular flexibility index (Phi) is 5.41. The zero-order valence-electron chi connectivity index (χ0n) is 13.2. The second-order valence-corrected chi connectivity index (χ2v) is 7.28. The maximum absolute atomic E-state index is 11.5. The van der Waals surface area contributed by atoms with Gasteiger partial charge in [0.25, 0.3) is 0 Å². The average molecular weight is 334 g/mol. The molecule has 2 rings (SSSR count). The van der Waals surface area contributed by atoms with Crippen molar-refractivity contribution in [3.63, 3.8) is 0 Å². The van der Waals surface area contributed by atoms with Crippen molar-refractivity contribution in [3.8, 4) is 5.75 Å². The molecule has 2 aromatic rings. The molecule has 4 N–H and O–H groups in total. The summed E-state index contributed by atoms with van der Waals surface area (Å²) >= 11 is 0. The molecule has 2 atom stereocenters. The second kappa shape index (κ2) is 7.12. The van der Waals surface area contributed by atoms with Crippen LogP contribution in [0.15, 0.2) is 53.4 Å². The zero-order valence-corrected chi connectivity index (χ0v) is 14.0. The van der Waals surface area contributed by atoms with E-state index in [-0.39, 0.29) is 22.7 Å². The van der Waals surface area contributed by atoms with Crippen LogP contribution in [-0.2, 0) is 16.4 Å². The van der Waals surface area contributed by atoms with E-state index in [0.717, 1.165) is 5.56 Å². The van der Waals surface area contributed by atoms with E-state index in [1.54, 1.807) is 6.07 Å². The first kappa shape index (κ1) is 17.5. The molecule has 0 aliphatic rings. The van der Waals surface area contributed by atoms with Gasteiger partial charge in [0.2, 0.25) is 10.0 Å². The number of rotatable bonds is 6. The van der Waals surface area contributed by atoms with Crippen LogP contribution >= 0.6 is 0 Å². The molecule has 0 saturated heterocycles. The summed E-state index contributed by atoms with van der Waals surface area (Å²) in [6, 6.07) is 14.9. The molecule has 0 heterocycles. The molecule has 0 fully saturated rings. The Morgan fingerprint density at radius 1 is 1.13 bits per heavy atom. The molecule has 5 nitrogen and oxygen atoms in total. The molecule has 2 unspecified atom stereocenters. The Hall–Kier alpha value is -1.89. The van der Waals surface area contributed by atoms with Crippen molar-refractivity contribution in [1.29, 1.82) is 0 Å². The number of primary sulfonamides is 1. The first-order chi connectivity index (χ1) is 10.8. The maximum atomic E-state index is 11.5. The number of hydrogen-bond acceptors (Lipinski definition) is 4. The highest BCUT2D eigenvalue weighted by molar-refractivity contribution is 7.89. The van der Waals surface area contributed by atoms with E-state index in [1.807, 2.05) is 25.1 Å². The number of phenolic OH excluding ortho intramolecular Hbond substituents is 1. The van der Waals surface area contributed by atoms with Crippen molar-refractivity contribution in [3.05, 3.63) is 59.7 Å². The van der Waals surface area contributed by atoms with Gasteiger partial charge >= 0.3 is 0 Å². The standard InChI is InChI=1S/C17H22N2O3S/c1-12(19-13(2)15-6-4-3-5-7-15)10-14-8-9-16(20)17(11-14)23(18,21)22/h3-9,11-13,19-20H,10H2,1-2H3,(H2,18,21,22). The minimum Gasteiger partial charge on any atom is -0.507 e. The Bertz CT molecular complexity index is 761. The Morgan fingerprint density at radius 3 is 2.39 bits per heavy atom. The number of hydrogen-bond donors (Lipinski definition) is 3. The van der Waals surface area contributed by atoms with Crippen molar-refractivity contribution in [2.24, 2.45) is 5.14 Å². The minimum absolute atomic E-state index is 0.128. The SMILES string of the molecule is CC(Cc1ccc(O)c(S(N)(=O)=O)c1)NC(C)c1ccccc1. The molecule has 0 spiro atoms. The number of nitrogens with two attached hydrogens (primary N) is 1. The number of aromatic hydroxyl groups is 1. The van der Waals surface area contributed by atoms with Crippen LogP contribution in [-0.4, -0.2) is 19.6 Å². The lowest BCUT2D eigenvalue weighted by Gasteiger charge is -2.20. The molecule has 0 aliphatic heterocycles. The smallest absolute Gasteiger partial charge is 0.241 e. The first-order valence-corrected chi connectivity index (χ1v) is 8.97. The van der Waals surface area contributed by atoms with E-state index in [2.05, 4.69) is 24.4 Å². The Morgan fingerprint density at radius 2 is 1.78 bits per heavy atom. The second-order valence-electron chi connectivity index (χ2n) is 5.75. The number of sulfonamides is 1. The summed E-state index contributed by atoms with van der Waals surface area (Å²) in [5, 5.41) is 18.2. The number of nitrogens with one attached hydrogen (secondary N) is 1. The van der Waals surface area contributed by atoms with Gasteiger partial charge in [-0.25, -0.2) is 13.6 Å². The fourth-order valence-corrected chi connectivity index (χ4v) is 3.27. The normalized spacial score (nSPS) is 14.4. The van der Waals surface area contributed by atoms with Crippen LogP contribution in [0.1, 0.15) is 31.0 Å². The molecule has 23 heavy (non-hydrogen) atoms. The van der Waals surface area contributed by atoms with Gasteiger partial charge in [-0.3, -0.25) is 0 Å². The topological polar surface area (TPSA) is 92.4 Å². The van der Waals surface area contributed by atoms with Crippen LogP contribution in [0, 0.1) is 0 Å². The van der Waals surface area contributed by atoms with E-state index >= 15 is 0 Å². The van der Waals surface area contributed by atoms with E-state index < -0.39 is 10.0 Å². The van der Waals surface area contributed by atoms with Crippen LogP contribution < -0.4 is 10.5 Å². The summed E-state index contributed by atoms with van der Waals surface area (Å²) in [6.45, 7) is 4.11. The highest BCUT2D eigenvalue weighted by Gasteiger charge is 2.16. The third-order valence-electron chi connectivity index (χ3n) is 3.71. The molecular formula is C17H22N2O3S. The number of benzene rings is 2. The highest BCUT2D eigenvalue weighted by Crippen LogP contribution is 2.23. The van der Waals surface area contributed by atoms with E-state index in [1.165, 1.54) is 17.7 Å².